The summed E-state index contributed by atoms with van der Waals surface area (Å²) in [5, 5.41) is 9.40. The maximum Gasteiger partial charge on any atom is 0.0525 e. The number of aryl methyl sites for hydroxylation is 1. The molecule has 1 aliphatic carbocycles. The van der Waals surface area contributed by atoms with Gasteiger partial charge in [-0.05, 0) is 30.4 Å². The highest BCUT2D eigenvalue weighted by Gasteiger charge is 2.30. The van der Waals surface area contributed by atoms with E-state index < -0.39 is 0 Å². The summed E-state index contributed by atoms with van der Waals surface area (Å²) in [6, 6.07) is 8.49. The van der Waals surface area contributed by atoms with E-state index in [2.05, 4.69) is 31.2 Å². The molecule has 1 atom stereocenters. The maximum atomic E-state index is 9.40. The zero-order valence-electron chi connectivity index (χ0n) is 8.09. The van der Waals surface area contributed by atoms with Gasteiger partial charge >= 0.3 is 0 Å². The van der Waals surface area contributed by atoms with Gasteiger partial charge in [-0.15, -0.1) is 0 Å². The minimum atomic E-state index is 0.00877. The normalized spacial score (nSPS) is 26.9. The van der Waals surface area contributed by atoms with Crippen molar-refractivity contribution in [2.75, 3.05) is 6.61 Å². The lowest BCUT2D eigenvalue weighted by Crippen LogP contribution is -2.31. The second kappa shape index (κ2) is 3.15. The molecule has 0 radical (unpaired) electrons. The average Bonchev–Trinajstić information content (AvgIpc) is 2.19. The van der Waals surface area contributed by atoms with Crippen molar-refractivity contribution >= 4 is 0 Å². The predicted molar refractivity (Wildman–Crippen MR) is 53.8 cm³/mol. The maximum absolute atomic E-state index is 9.40. The number of hydrogen-bond donors (Lipinski definition) is 1. The first-order valence-electron chi connectivity index (χ1n) is 4.95. The van der Waals surface area contributed by atoms with Crippen LogP contribution < -0.4 is 0 Å². The predicted octanol–water partition coefficient (Wildman–Crippen LogP) is 2.27. The van der Waals surface area contributed by atoms with Gasteiger partial charge in [0, 0.05) is 5.41 Å². The first kappa shape index (κ1) is 8.76. The summed E-state index contributed by atoms with van der Waals surface area (Å²) in [5.41, 5.74) is 2.78. The molecule has 1 heteroatoms. The molecule has 0 aliphatic heterocycles. The SMILES string of the molecule is CC1(CO)CCCc2ccccc21. The molecule has 0 fully saturated rings. The summed E-state index contributed by atoms with van der Waals surface area (Å²) in [6.07, 6.45) is 3.49. The molecular weight excluding hydrogens is 160 g/mol. The van der Waals surface area contributed by atoms with E-state index in [1.807, 2.05) is 0 Å². The van der Waals surface area contributed by atoms with Crippen LogP contribution in [0.1, 0.15) is 30.9 Å². The van der Waals surface area contributed by atoms with Crippen LogP contribution in [0.15, 0.2) is 24.3 Å². The topological polar surface area (TPSA) is 20.2 Å². The monoisotopic (exact) mass is 176 g/mol. The van der Waals surface area contributed by atoms with Gasteiger partial charge in [-0.25, -0.2) is 0 Å². The van der Waals surface area contributed by atoms with Gasteiger partial charge < -0.3 is 5.11 Å². The Hall–Kier alpha value is -0.820. The Morgan fingerprint density at radius 3 is 2.92 bits per heavy atom. The van der Waals surface area contributed by atoms with E-state index in [1.54, 1.807) is 0 Å². The van der Waals surface area contributed by atoms with Gasteiger partial charge in [0.2, 0.25) is 0 Å². The molecule has 0 heterocycles. The molecule has 0 saturated carbocycles. The number of hydrogen-bond acceptors (Lipinski definition) is 1. The Bertz CT molecular complexity index is 306. The summed E-state index contributed by atoms with van der Waals surface area (Å²) >= 11 is 0. The second-order valence-electron chi connectivity index (χ2n) is 4.23. The third kappa shape index (κ3) is 1.37. The Balaban J connectivity index is 2.48. The summed E-state index contributed by atoms with van der Waals surface area (Å²) < 4.78 is 0. The smallest absolute Gasteiger partial charge is 0.0525 e. The minimum absolute atomic E-state index is 0.00877. The Kier molecular flexibility index (Phi) is 2.12. The fraction of sp³-hybridized carbons (Fsp3) is 0.500. The Labute approximate surface area is 79.4 Å². The van der Waals surface area contributed by atoms with Crippen LogP contribution in [0.4, 0.5) is 0 Å². The first-order chi connectivity index (χ1) is 6.26. The van der Waals surface area contributed by atoms with Gasteiger partial charge in [-0.2, -0.15) is 0 Å². The van der Waals surface area contributed by atoms with Crippen molar-refractivity contribution in [1.82, 2.24) is 0 Å². The number of benzene rings is 1. The lowest BCUT2D eigenvalue weighted by Gasteiger charge is -2.34. The molecule has 70 valence electrons. The molecule has 1 unspecified atom stereocenters. The van der Waals surface area contributed by atoms with Gasteiger partial charge in [0.25, 0.3) is 0 Å². The highest BCUT2D eigenvalue weighted by molar-refractivity contribution is 5.36. The molecule has 0 saturated heterocycles. The van der Waals surface area contributed by atoms with Crippen LogP contribution in [0, 0.1) is 0 Å². The lowest BCUT2D eigenvalue weighted by molar-refractivity contribution is 0.188. The first-order valence-corrected chi connectivity index (χ1v) is 4.95. The molecule has 1 N–H and O–H groups in total. The van der Waals surface area contributed by atoms with Crippen molar-refractivity contribution in [3.8, 4) is 0 Å². The fourth-order valence-electron chi connectivity index (χ4n) is 2.30. The van der Waals surface area contributed by atoms with Crippen LogP contribution in [-0.4, -0.2) is 11.7 Å². The summed E-state index contributed by atoms with van der Waals surface area (Å²) in [5.74, 6) is 0. The van der Waals surface area contributed by atoms with Crippen LogP contribution in [0.3, 0.4) is 0 Å². The molecule has 0 spiro atoms. The van der Waals surface area contributed by atoms with Crippen molar-refractivity contribution in [2.45, 2.75) is 31.6 Å². The zero-order chi connectivity index (χ0) is 9.31. The highest BCUT2D eigenvalue weighted by Crippen LogP contribution is 2.36. The molecule has 1 aliphatic rings. The van der Waals surface area contributed by atoms with E-state index in [1.165, 1.54) is 24.0 Å². The molecule has 2 rings (SSSR count). The Morgan fingerprint density at radius 2 is 2.15 bits per heavy atom. The highest BCUT2D eigenvalue weighted by atomic mass is 16.3. The quantitative estimate of drug-likeness (QED) is 0.696. The summed E-state index contributed by atoms with van der Waals surface area (Å²) in [6.45, 7) is 2.43. The number of rotatable bonds is 1. The van der Waals surface area contributed by atoms with Gasteiger partial charge in [0.1, 0.15) is 0 Å². The van der Waals surface area contributed by atoms with E-state index in [9.17, 15) is 5.11 Å². The van der Waals surface area contributed by atoms with Gasteiger partial charge in [0.05, 0.1) is 6.61 Å². The van der Waals surface area contributed by atoms with Crippen LogP contribution in [-0.2, 0) is 11.8 Å². The molecule has 0 bridgehead atoms. The van der Waals surface area contributed by atoms with Crippen molar-refractivity contribution in [3.05, 3.63) is 35.4 Å². The van der Waals surface area contributed by atoms with E-state index in [0.29, 0.717) is 0 Å². The largest absolute Gasteiger partial charge is 0.395 e. The van der Waals surface area contributed by atoms with Gasteiger partial charge in [-0.1, -0.05) is 31.2 Å². The summed E-state index contributed by atoms with van der Waals surface area (Å²) in [7, 11) is 0. The van der Waals surface area contributed by atoms with Crippen molar-refractivity contribution < 1.29 is 5.11 Å². The number of aliphatic hydroxyl groups excluding tert-OH is 1. The molecule has 1 aromatic carbocycles. The number of fused-ring (bicyclic) bond motifs is 1. The zero-order valence-corrected chi connectivity index (χ0v) is 8.09. The van der Waals surface area contributed by atoms with Crippen molar-refractivity contribution in [1.29, 1.82) is 0 Å². The third-order valence-corrected chi connectivity index (χ3v) is 3.19. The van der Waals surface area contributed by atoms with Crippen molar-refractivity contribution in [2.24, 2.45) is 0 Å². The van der Waals surface area contributed by atoms with Crippen LogP contribution in [0.5, 0.6) is 0 Å². The van der Waals surface area contributed by atoms with E-state index in [4.69, 9.17) is 0 Å². The third-order valence-electron chi connectivity index (χ3n) is 3.19. The number of aliphatic hydroxyl groups is 1. The van der Waals surface area contributed by atoms with E-state index >= 15 is 0 Å². The lowest BCUT2D eigenvalue weighted by atomic mass is 9.72. The van der Waals surface area contributed by atoms with Crippen molar-refractivity contribution in [3.63, 3.8) is 0 Å². The fourth-order valence-corrected chi connectivity index (χ4v) is 2.30. The van der Waals surface area contributed by atoms with E-state index in [0.717, 1.165) is 6.42 Å². The minimum Gasteiger partial charge on any atom is -0.395 e. The molecule has 1 aromatic rings. The molecule has 1 nitrogen and oxygen atoms in total. The molecule has 0 aromatic heterocycles. The van der Waals surface area contributed by atoms with Crippen LogP contribution >= 0.6 is 0 Å². The van der Waals surface area contributed by atoms with Gasteiger partial charge in [0.15, 0.2) is 0 Å². The van der Waals surface area contributed by atoms with E-state index in [-0.39, 0.29) is 12.0 Å². The molecule has 13 heavy (non-hydrogen) atoms. The van der Waals surface area contributed by atoms with Crippen LogP contribution in [0.25, 0.3) is 0 Å². The molecular formula is C12H16O. The second-order valence-corrected chi connectivity index (χ2v) is 4.23. The Morgan fingerprint density at radius 1 is 1.38 bits per heavy atom. The van der Waals surface area contributed by atoms with Gasteiger partial charge in [-0.3, -0.25) is 0 Å². The molecule has 0 amide bonds. The summed E-state index contributed by atoms with van der Waals surface area (Å²) in [4.78, 5) is 0. The van der Waals surface area contributed by atoms with Crippen LogP contribution in [0.2, 0.25) is 0 Å². The standard InChI is InChI=1S/C12H16O/c1-12(9-13)8-4-6-10-5-2-3-7-11(10)12/h2-3,5,7,13H,4,6,8-9H2,1H3. The average molecular weight is 176 g/mol.